The molecule has 3 nitrogen and oxygen atoms in total. The number of aromatic nitrogens is 2. The Hall–Kier alpha value is -1.43. The molecule has 2 aromatic rings. The van der Waals surface area contributed by atoms with E-state index < -0.39 is 11.6 Å². The number of nitrogens with zero attached hydrogens (tertiary/aromatic N) is 2. The number of hydrogen-bond donors (Lipinski definition) is 0. The van der Waals surface area contributed by atoms with E-state index in [1.54, 1.807) is 11.6 Å². The molecule has 0 aliphatic heterocycles. The quantitative estimate of drug-likeness (QED) is 0.852. The Bertz CT molecular complexity index is 549. The molecule has 0 atom stereocenters. The van der Waals surface area contributed by atoms with Crippen molar-refractivity contribution in [2.75, 3.05) is 7.11 Å². The first kappa shape index (κ1) is 12.0. The molecule has 6 heteroatoms. The van der Waals surface area contributed by atoms with Crippen molar-refractivity contribution in [2.45, 2.75) is 0 Å². The van der Waals surface area contributed by atoms with Crippen molar-refractivity contribution in [3.63, 3.8) is 0 Å². The van der Waals surface area contributed by atoms with Gasteiger partial charge in [-0.15, -0.1) is 0 Å². The average molecular weight is 303 g/mol. The molecule has 1 aromatic carbocycles. The third kappa shape index (κ3) is 2.04. The predicted octanol–water partition coefficient (Wildman–Crippen LogP) is 3.14. The Balaban J connectivity index is 2.65. The molecule has 0 unspecified atom stereocenters. The minimum absolute atomic E-state index is 0.121. The second kappa shape index (κ2) is 4.44. The summed E-state index contributed by atoms with van der Waals surface area (Å²) >= 11 is 3.20. The van der Waals surface area contributed by atoms with Gasteiger partial charge in [-0.25, -0.2) is 13.8 Å². The number of aryl methyl sites for hydroxylation is 1. The number of hydrogen-bond acceptors (Lipinski definition) is 2. The zero-order valence-electron chi connectivity index (χ0n) is 9.17. The standard InChI is InChI=1S/C11H9BrF2N2O/c1-16-5-15-11(12)10(16)6-3-8(14)9(17-2)4-7(6)13/h3-5H,1-2H3. The van der Waals surface area contributed by atoms with E-state index >= 15 is 0 Å². The summed E-state index contributed by atoms with van der Waals surface area (Å²) in [4.78, 5) is 3.97. The van der Waals surface area contributed by atoms with Gasteiger partial charge in [0.15, 0.2) is 11.6 Å². The first-order valence-corrected chi connectivity index (χ1v) is 5.54. The maximum absolute atomic E-state index is 13.8. The SMILES string of the molecule is COc1cc(F)c(-c2c(Br)ncn2C)cc1F. The van der Waals surface area contributed by atoms with Crippen molar-refractivity contribution in [1.82, 2.24) is 9.55 Å². The average Bonchev–Trinajstić information content (AvgIpc) is 2.62. The van der Waals surface area contributed by atoms with Gasteiger partial charge in [-0.2, -0.15) is 0 Å². The van der Waals surface area contributed by atoms with Gasteiger partial charge in [0.05, 0.1) is 19.1 Å². The molecule has 0 aliphatic rings. The van der Waals surface area contributed by atoms with Crippen LogP contribution in [-0.2, 0) is 7.05 Å². The Morgan fingerprint density at radius 3 is 2.53 bits per heavy atom. The molecule has 1 heterocycles. The van der Waals surface area contributed by atoms with E-state index in [2.05, 4.69) is 20.9 Å². The number of halogens is 3. The van der Waals surface area contributed by atoms with E-state index in [9.17, 15) is 8.78 Å². The zero-order chi connectivity index (χ0) is 12.6. The lowest BCUT2D eigenvalue weighted by Crippen LogP contribution is -1.96. The predicted molar refractivity (Wildman–Crippen MR) is 62.8 cm³/mol. The van der Waals surface area contributed by atoms with Crippen LogP contribution in [0.15, 0.2) is 23.1 Å². The van der Waals surface area contributed by atoms with Crippen LogP contribution in [-0.4, -0.2) is 16.7 Å². The van der Waals surface area contributed by atoms with Crippen LogP contribution < -0.4 is 4.74 Å². The van der Waals surface area contributed by atoms with E-state index in [4.69, 9.17) is 4.74 Å². The molecule has 90 valence electrons. The summed E-state index contributed by atoms with van der Waals surface area (Å²) in [5, 5.41) is 0. The third-order valence-corrected chi connectivity index (χ3v) is 2.97. The van der Waals surface area contributed by atoms with Gasteiger partial charge in [-0.1, -0.05) is 0 Å². The minimum Gasteiger partial charge on any atom is -0.494 e. The van der Waals surface area contributed by atoms with Crippen LogP contribution in [0.4, 0.5) is 8.78 Å². The molecule has 0 N–H and O–H groups in total. The lowest BCUT2D eigenvalue weighted by atomic mass is 10.1. The summed E-state index contributed by atoms with van der Waals surface area (Å²) in [5.74, 6) is -1.30. The first-order chi connectivity index (χ1) is 8.04. The number of methoxy groups -OCH3 is 1. The summed E-state index contributed by atoms with van der Waals surface area (Å²) in [6, 6.07) is 2.11. The van der Waals surface area contributed by atoms with E-state index in [0.717, 1.165) is 12.1 Å². The van der Waals surface area contributed by atoms with Crippen LogP contribution in [0.2, 0.25) is 0 Å². The summed E-state index contributed by atoms with van der Waals surface area (Å²) in [6.45, 7) is 0. The fraction of sp³-hybridized carbons (Fsp3) is 0.182. The summed E-state index contributed by atoms with van der Waals surface area (Å²) in [5.41, 5.74) is 0.610. The van der Waals surface area contributed by atoms with Crippen LogP contribution in [0.3, 0.4) is 0 Å². The Morgan fingerprint density at radius 2 is 2.00 bits per heavy atom. The van der Waals surface area contributed by atoms with Crippen molar-refractivity contribution >= 4 is 15.9 Å². The van der Waals surface area contributed by atoms with Crippen molar-refractivity contribution in [3.05, 3.63) is 34.7 Å². The van der Waals surface area contributed by atoms with Gasteiger partial charge < -0.3 is 9.30 Å². The molecule has 0 radical (unpaired) electrons. The smallest absolute Gasteiger partial charge is 0.165 e. The summed E-state index contributed by atoms with van der Waals surface area (Å²) in [6.07, 6.45) is 1.51. The van der Waals surface area contributed by atoms with Gasteiger partial charge in [-0.05, 0) is 22.0 Å². The first-order valence-electron chi connectivity index (χ1n) is 4.74. The highest BCUT2D eigenvalue weighted by atomic mass is 79.9. The topological polar surface area (TPSA) is 27.1 Å². The Labute approximate surface area is 105 Å². The number of rotatable bonds is 2. The monoisotopic (exact) mass is 302 g/mol. The highest BCUT2D eigenvalue weighted by Crippen LogP contribution is 2.32. The molecule has 0 bridgehead atoms. The van der Waals surface area contributed by atoms with E-state index in [1.165, 1.54) is 13.4 Å². The largest absolute Gasteiger partial charge is 0.494 e. The van der Waals surface area contributed by atoms with Crippen LogP contribution >= 0.6 is 15.9 Å². The van der Waals surface area contributed by atoms with Crippen molar-refractivity contribution in [3.8, 4) is 17.0 Å². The Morgan fingerprint density at radius 1 is 1.29 bits per heavy atom. The second-order valence-electron chi connectivity index (χ2n) is 3.46. The summed E-state index contributed by atoms with van der Waals surface area (Å²) in [7, 11) is 2.99. The number of benzene rings is 1. The molecular weight excluding hydrogens is 294 g/mol. The lowest BCUT2D eigenvalue weighted by Gasteiger charge is -2.08. The van der Waals surface area contributed by atoms with Gasteiger partial charge in [0.1, 0.15) is 10.4 Å². The van der Waals surface area contributed by atoms with Gasteiger partial charge in [0.2, 0.25) is 0 Å². The highest BCUT2D eigenvalue weighted by molar-refractivity contribution is 9.10. The van der Waals surface area contributed by atoms with Gasteiger partial charge >= 0.3 is 0 Å². The number of imidazole rings is 1. The maximum Gasteiger partial charge on any atom is 0.165 e. The molecule has 0 amide bonds. The van der Waals surface area contributed by atoms with Crippen LogP contribution in [0.5, 0.6) is 5.75 Å². The molecule has 17 heavy (non-hydrogen) atoms. The van der Waals surface area contributed by atoms with E-state index in [1.807, 2.05) is 0 Å². The van der Waals surface area contributed by atoms with Crippen molar-refractivity contribution < 1.29 is 13.5 Å². The normalized spacial score (nSPS) is 10.6. The fourth-order valence-corrected chi connectivity index (χ4v) is 2.15. The second-order valence-corrected chi connectivity index (χ2v) is 4.21. The molecular formula is C11H9BrF2N2O. The van der Waals surface area contributed by atoms with Gasteiger partial charge in [-0.3, -0.25) is 0 Å². The minimum atomic E-state index is -0.614. The van der Waals surface area contributed by atoms with Crippen molar-refractivity contribution in [2.24, 2.45) is 7.05 Å². The maximum atomic E-state index is 13.8. The number of ether oxygens (including phenoxy) is 1. The van der Waals surface area contributed by atoms with Gasteiger partial charge in [0, 0.05) is 18.7 Å². The fourth-order valence-electron chi connectivity index (χ4n) is 1.57. The van der Waals surface area contributed by atoms with Crippen LogP contribution in [0, 0.1) is 11.6 Å². The molecule has 0 aliphatic carbocycles. The molecule has 2 rings (SSSR count). The van der Waals surface area contributed by atoms with Crippen LogP contribution in [0.1, 0.15) is 0 Å². The van der Waals surface area contributed by atoms with Gasteiger partial charge in [0.25, 0.3) is 0 Å². The zero-order valence-corrected chi connectivity index (χ0v) is 10.8. The van der Waals surface area contributed by atoms with E-state index in [-0.39, 0.29) is 11.3 Å². The molecule has 0 saturated heterocycles. The lowest BCUT2D eigenvalue weighted by molar-refractivity contribution is 0.383. The van der Waals surface area contributed by atoms with Crippen molar-refractivity contribution in [1.29, 1.82) is 0 Å². The summed E-state index contributed by atoms with van der Waals surface area (Å²) < 4.78 is 34.2. The molecule has 0 spiro atoms. The molecule has 0 fully saturated rings. The molecule has 1 aromatic heterocycles. The van der Waals surface area contributed by atoms with Crippen LogP contribution in [0.25, 0.3) is 11.3 Å². The molecule has 0 saturated carbocycles. The van der Waals surface area contributed by atoms with E-state index in [0.29, 0.717) is 10.3 Å². The Kier molecular flexibility index (Phi) is 3.15. The highest BCUT2D eigenvalue weighted by Gasteiger charge is 2.17. The third-order valence-electron chi connectivity index (χ3n) is 2.39.